The van der Waals surface area contributed by atoms with E-state index in [9.17, 15) is 0 Å². The first kappa shape index (κ1) is 9.85. The molecule has 0 fully saturated rings. The summed E-state index contributed by atoms with van der Waals surface area (Å²) < 4.78 is 3.69. The third kappa shape index (κ3) is 2.41. The SMILES string of the molecule is Cn1ccc(CNCc2nncn2C)n1. The summed E-state index contributed by atoms with van der Waals surface area (Å²) in [6.45, 7) is 1.45. The Morgan fingerprint density at radius 3 is 2.80 bits per heavy atom. The highest BCUT2D eigenvalue weighted by Gasteiger charge is 2.00. The van der Waals surface area contributed by atoms with Crippen molar-refractivity contribution in [1.29, 1.82) is 0 Å². The summed E-state index contributed by atoms with van der Waals surface area (Å²) in [6, 6.07) is 1.99. The van der Waals surface area contributed by atoms with E-state index in [0.29, 0.717) is 6.54 Å². The van der Waals surface area contributed by atoms with Crippen molar-refractivity contribution in [3.05, 3.63) is 30.1 Å². The zero-order valence-electron chi connectivity index (χ0n) is 8.88. The zero-order chi connectivity index (χ0) is 10.7. The third-order valence-corrected chi connectivity index (χ3v) is 2.16. The van der Waals surface area contributed by atoms with Crippen molar-refractivity contribution in [3.63, 3.8) is 0 Å². The molecule has 0 bridgehead atoms. The molecule has 2 rings (SSSR count). The molecule has 0 aliphatic rings. The van der Waals surface area contributed by atoms with Gasteiger partial charge in [-0.05, 0) is 6.07 Å². The summed E-state index contributed by atoms with van der Waals surface area (Å²) in [5.41, 5.74) is 1.03. The maximum absolute atomic E-state index is 4.26. The highest BCUT2D eigenvalue weighted by molar-refractivity contribution is 4.98. The van der Waals surface area contributed by atoms with Gasteiger partial charge in [-0.3, -0.25) is 4.68 Å². The Morgan fingerprint density at radius 2 is 2.20 bits per heavy atom. The van der Waals surface area contributed by atoms with E-state index in [1.807, 2.05) is 30.9 Å². The molecule has 0 aliphatic carbocycles. The topological polar surface area (TPSA) is 60.6 Å². The fraction of sp³-hybridized carbons (Fsp3) is 0.444. The molecule has 0 saturated heterocycles. The van der Waals surface area contributed by atoms with Crippen LogP contribution in [0.4, 0.5) is 0 Å². The van der Waals surface area contributed by atoms with E-state index in [1.54, 1.807) is 11.0 Å². The predicted octanol–water partition coefficient (Wildman–Crippen LogP) is -0.162. The molecular formula is C9H14N6. The third-order valence-electron chi connectivity index (χ3n) is 2.16. The second kappa shape index (κ2) is 4.22. The summed E-state index contributed by atoms with van der Waals surface area (Å²) in [5, 5.41) is 15.3. The number of hydrogen-bond donors (Lipinski definition) is 1. The van der Waals surface area contributed by atoms with Crippen molar-refractivity contribution in [3.8, 4) is 0 Å². The van der Waals surface area contributed by atoms with Gasteiger partial charge < -0.3 is 9.88 Å². The molecule has 0 atom stereocenters. The van der Waals surface area contributed by atoms with Gasteiger partial charge >= 0.3 is 0 Å². The molecule has 2 heterocycles. The molecule has 0 aromatic carbocycles. The largest absolute Gasteiger partial charge is 0.320 e. The molecule has 6 nitrogen and oxygen atoms in total. The van der Waals surface area contributed by atoms with Gasteiger partial charge in [0.05, 0.1) is 12.2 Å². The summed E-state index contributed by atoms with van der Waals surface area (Å²) in [6.07, 6.45) is 3.62. The van der Waals surface area contributed by atoms with E-state index in [2.05, 4.69) is 20.6 Å². The maximum Gasteiger partial charge on any atom is 0.146 e. The average molecular weight is 206 g/mol. The Morgan fingerprint density at radius 1 is 1.33 bits per heavy atom. The Bertz CT molecular complexity index is 429. The fourth-order valence-electron chi connectivity index (χ4n) is 1.33. The molecule has 15 heavy (non-hydrogen) atoms. The van der Waals surface area contributed by atoms with Crippen LogP contribution in [0.2, 0.25) is 0 Å². The van der Waals surface area contributed by atoms with Gasteiger partial charge in [0, 0.05) is 26.8 Å². The summed E-state index contributed by atoms with van der Waals surface area (Å²) in [4.78, 5) is 0. The quantitative estimate of drug-likeness (QED) is 0.755. The van der Waals surface area contributed by atoms with Crippen molar-refractivity contribution in [2.24, 2.45) is 14.1 Å². The molecular weight excluding hydrogens is 192 g/mol. The van der Waals surface area contributed by atoms with Gasteiger partial charge in [0.25, 0.3) is 0 Å². The lowest BCUT2D eigenvalue weighted by Gasteiger charge is -2.01. The van der Waals surface area contributed by atoms with Crippen LogP contribution in [0.1, 0.15) is 11.5 Å². The highest BCUT2D eigenvalue weighted by atomic mass is 15.3. The molecule has 1 N–H and O–H groups in total. The first-order valence-electron chi connectivity index (χ1n) is 4.78. The van der Waals surface area contributed by atoms with Crippen molar-refractivity contribution in [2.45, 2.75) is 13.1 Å². The molecule has 80 valence electrons. The van der Waals surface area contributed by atoms with Crippen LogP contribution in [0.3, 0.4) is 0 Å². The Kier molecular flexibility index (Phi) is 2.77. The van der Waals surface area contributed by atoms with Crippen LogP contribution in [0, 0.1) is 0 Å². The van der Waals surface area contributed by atoms with Crippen molar-refractivity contribution < 1.29 is 0 Å². The molecule has 0 saturated carbocycles. The lowest BCUT2D eigenvalue weighted by atomic mass is 10.4. The molecule has 0 unspecified atom stereocenters. The van der Waals surface area contributed by atoms with Crippen molar-refractivity contribution in [2.75, 3.05) is 0 Å². The van der Waals surface area contributed by atoms with Crippen molar-refractivity contribution in [1.82, 2.24) is 29.9 Å². The highest BCUT2D eigenvalue weighted by Crippen LogP contribution is 1.95. The average Bonchev–Trinajstić information content (AvgIpc) is 2.77. The summed E-state index contributed by atoms with van der Waals surface area (Å²) in [5.74, 6) is 0.922. The predicted molar refractivity (Wildman–Crippen MR) is 54.8 cm³/mol. The van der Waals surface area contributed by atoms with Crippen LogP contribution in [-0.4, -0.2) is 24.5 Å². The number of nitrogens with zero attached hydrogens (tertiary/aromatic N) is 5. The van der Waals surface area contributed by atoms with Crippen LogP contribution in [0.5, 0.6) is 0 Å². The van der Waals surface area contributed by atoms with Crippen LogP contribution in [0.15, 0.2) is 18.6 Å². The monoisotopic (exact) mass is 206 g/mol. The lowest BCUT2D eigenvalue weighted by Crippen LogP contribution is -2.16. The van der Waals surface area contributed by atoms with E-state index in [0.717, 1.165) is 18.1 Å². The number of rotatable bonds is 4. The first-order valence-corrected chi connectivity index (χ1v) is 4.78. The van der Waals surface area contributed by atoms with Crippen LogP contribution in [-0.2, 0) is 27.2 Å². The molecule has 2 aromatic rings. The second-order valence-electron chi connectivity index (χ2n) is 3.44. The van der Waals surface area contributed by atoms with Gasteiger partial charge in [0.2, 0.25) is 0 Å². The molecule has 0 radical (unpaired) electrons. The smallest absolute Gasteiger partial charge is 0.146 e. The minimum Gasteiger partial charge on any atom is -0.320 e. The van der Waals surface area contributed by atoms with E-state index >= 15 is 0 Å². The number of aryl methyl sites for hydroxylation is 2. The van der Waals surface area contributed by atoms with Crippen molar-refractivity contribution >= 4 is 0 Å². The normalized spacial score (nSPS) is 10.8. The molecule has 0 spiro atoms. The van der Waals surface area contributed by atoms with Crippen LogP contribution >= 0.6 is 0 Å². The van der Waals surface area contributed by atoms with Gasteiger partial charge in [0.1, 0.15) is 12.2 Å². The Balaban J connectivity index is 1.83. The number of nitrogens with one attached hydrogen (secondary N) is 1. The molecule has 6 heteroatoms. The first-order chi connectivity index (χ1) is 7.25. The van der Waals surface area contributed by atoms with Gasteiger partial charge in [-0.1, -0.05) is 0 Å². The van der Waals surface area contributed by atoms with E-state index in [4.69, 9.17) is 0 Å². The number of aromatic nitrogens is 5. The summed E-state index contributed by atoms with van der Waals surface area (Å²) in [7, 11) is 3.84. The lowest BCUT2D eigenvalue weighted by molar-refractivity contribution is 0.618. The number of hydrogen-bond acceptors (Lipinski definition) is 4. The van der Waals surface area contributed by atoms with Crippen LogP contribution in [0.25, 0.3) is 0 Å². The Hall–Kier alpha value is -1.69. The minimum absolute atomic E-state index is 0.701. The Labute approximate surface area is 87.9 Å². The van der Waals surface area contributed by atoms with Crippen LogP contribution < -0.4 is 5.32 Å². The maximum atomic E-state index is 4.26. The standard InChI is InChI=1S/C9H14N6/c1-14-7-11-12-9(14)6-10-5-8-3-4-15(2)13-8/h3-4,7,10H,5-6H2,1-2H3. The van der Waals surface area contributed by atoms with Gasteiger partial charge in [0.15, 0.2) is 0 Å². The minimum atomic E-state index is 0.701. The molecule has 2 aromatic heterocycles. The van der Waals surface area contributed by atoms with Gasteiger partial charge in [-0.25, -0.2) is 0 Å². The summed E-state index contributed by atoms with van der Waals surface area (Å²) >= 11 is 0. The van der Waals surface area contributed by atoms with E-state index in [-0.39, 0.29) is 0 Å². The van der Waals surface area contributed by atoms with Gasteiger partial charge in [-0.15, -0.1) is 10.2 Å². The molecule has 0 amide bonds. The fourth-order valence-corrected chi connectivity index (χ4v) is 1.33. The van der Waals surface area contributed by atoms with Gasteiger partial charge in [-0.2, -0.15) is 5.10 Å². The second-order valence-corrected chi connectivity index (χ2v) is 3.44. The zero-order valence-corrected chi connectivity index (χ0v) is 8.88. The van der Waals surface area contributed by atoms with E-state index in [1.165, 1.54) is 0 Å². The molecule has 0 aliphatic heterocycles. The van der Waals surface area contributed by atoms with E-state index < -0.39 is 0 Å².